The number of hydrogen-bond acceptors (Lipinski definition) is 3. The summed E-state index contributed by atoms with van der Waals surface area (Å²) in [6, 6.07) is 17.2. The van der Waals surface area contributed by atoms with Crippen molar-refractivity contribution in [1.82, 2.24) is 14.5 Å². The van der Waals surface area contributed by atoms with E-state index in [2.05, 4.69) is 9.97 Å². The molecule has 2 aromatic carbocycles. The van der Waals surface area contributed by atoms with Gasteiger partial charge in [0.1, 0.15) is 18.5 Å². The van der Waals surface area contributed by atoms with E-state index in [1.807, 2.05) is 54.6 Å². The van der Waals surface area contributed by atoms with Gasteiger partial charge in [-0.25, -0.2) is 9.97 Å². The van der Waals surface area contributed by atoms with Gasteiger partial charge in [0.05, 0.1) is 11.1 Å². The molecule has 26 heavy (non-hydrogen) atoms. The van der Waals surface area contributed by atoms with Crippen LogP contribution in [0.4, 0.5) is 0 Å². The number of rotatable bonds is 4. The molecule has 0 saturated heterocycles. The van der Waals surface area contributed by atoms with Crippen LogP contribution >= 0.6 is 11.6 Å². The van der Waals surface area contributed by atoms with Crippen LogP contribution in [0.5, 0.6) is 0 Å². The average molecular weight is 364 g/mol. The fourth-order valence-corrected chi connectivity index (χ4v) is 3.33. The minimum absolute atomic E-state index is 0.188. The van der Waals surface area contributed by atoms with E-state index in [-0.39, 0.29) is 6.54 Å². The fourth-order valence-electron chi connectivity index (χ4n) is 3.09. The summed E-state index contributed by atoms with van der Waals surface area (Å²) in [7, 11) is 0. The number of aliphatic carboxylic acids is 1. The minimum Gasteiger partial charge on any atom is -0.480 e. The van der Waals surface area contributed by atoms with Crippen molar-refractivity contribution in [3.63, 3.8) is 0 Å². The Kier molecular flexibility index (Phi) is 4.14. The van der Waals surface area contributed by atoms with Crippen molar-refractivity contribution in [1.29, 1.82) is 0 Å². The molecule has 6 heteroatoms. The molecule has 0 unspecified atom stereocenters. The van der Waals surface area contributed by atoms with Gasteiger partial charge in [0.25, 0.3) is 0 Å². The van der Waals surface area contributed by atoms with E-state index < -0.39 is 5.97 Å². The lowest BCUT2D eigenvalue weighted by Crippen LogP contribution is -2.08. The van der Waals surface area contributed by atoms with Crippen LogP contribution in [-0.4, -0.2) is 25.6 Å². The Morgan fingerprint density at radius 1 is 1.00 bits per heavy atom. The standard InChI is InChI=1S/C20H14ClN3O2/c21-16-9-5-4-8-14(16)15-10-24(11-17(25)26)20-18(15)19(22-12-23-20)13-6-2-1-3-7-13/h1-10,12H,11H2,(H,25,26). The van der Waals surface area contributed by atoms with Crippen LogP contribution in [0.3, 0.4) is 0 Å². The lowest BCUT2D eigenvalue weighted by molar-refractivity contribution is -0.137. The van der Waals surface area contributed by atoms with E-state index in [1.54, 1.807) is 10.8 Å². The number of carboxylic acid groups (broad SMARTS) is 1. The van der Waals surface area contributed by atoms with E-state index >= 15 is 0 Å². The first-order valence-electron chi connectivity index (χ1n) is 8.01. The fraction of sp³-hybridized carbons (Fsp3) is 0.0500. The van der Waals surface area contributed by atoms with Crippen molar-refractivity contribution in [2.45, 2.75) is 6.54 Å². The Balaban J connectivity index is 2.07. The van der Waals surface area contributed by atoms with Crippen molar-refractivity contribution in [3.8, 4) is 22.4 Å². The lowest BCUT2D eigenvalue weighted by atomic mass is 10.0. The summed E-state index contributed by atoms with van der Waals surface area (Å²) in [4.78, 5) is 20.1. The number of carboxylic acids is 1. The molecule has 2 heterocycles. The maximum absolute atomic E-state index is 11.3. The molecule has 0 spiro atoms. The molecule has 128 valence electrons. The van der Waals surface area contributed by atoms with Crippen LogP contribution in [0, 0.1) is 0 Å². The Labute approximate surface area is 154 Å². The molecular weight excluding hydrogens is 350 g/mol. The quantitative estimate of drug-likeness (QED) is 0.579. The van der Waals surface area contributed by atoms with Gasteiger partial charge in [-0.1, -0.05) is 60.1 Å². The molecule has 0 radical (unpaired) electrons. The Morgan fingerprint density at radius 2 is 1.73 bits per heavy atom. The first kappa shape index (κ1) is 16.3. The average Bonchev–Trinajstić information content (AvgIpc) is 3.01. The van der Waals surface area contributed by atoms with Gasteiger partial charge in [0, 0.05) is 27.9 Å². The number of nitrogens with zero attached hydrogens (tertiary/aromatic N) is 3. The second-order valence-corrected chi connectivity index (χ2v) is 6.24. The highest BCUT2D eigenvalue weighted by atomic mass is 35.5. The molecular formula is C20H14ClN3O2. The smallest absolute Gasteiger partial charge is 0.323 e. The summed E-state index contributed by atoms with van der Waals surface area (Å²) in [6.07, 6.45) is 3.24. The number of hydrogen-bond donors (Lipinski definition) is 1. The Hall–Kier alpha value is -3.18. The zero-order valence-corrected chi connectivity index (χ0v) is 14.4. The summed E-state index contributed by atoms with van der Waals surface area (Å²) in [5, 5.41) is 10.6. The van der Waals surface area contributed by atoms with Gasteiger partial charge < -0.3 is 9.67 Å². The van der Waals surface area contributed by atoms with Gasteiger partial charge in [0.2, 0.25) is 0 Å². The lowest BCUT2D eigenvalue weighted by Gasteiger charge is -2.06. The van der Waals surface area contributed by atoms with E-state index in [0.29, 0.717) is 10.7 Å². The van der Waals surface area contributed by atoms with Crippen LogP contribution in [-0.2, 0) is 11.3 Å². The maximum Gasteiger partial charge on any atom is 0.323 e. The van der Waals surface area contributed by atoms with E-state index in [9.17, 15) is 9.90 Å². The van der Waals surface area contributed by atoms with Crippen LogP contribution in [0.15, 0.2) is 67.1 Å². The van der Waals surface area contributed by atoms with E-state index in [1.165, 1.54) is 6.33 Å². The molecule has 4 rings (SSSR count). The monoisotopic (exact) mass is 363 g/mol. The molecule has 0 aliphatic carbocycles. The molecule has 4 aromatic rings. The predicted octanol–water partition coefficient (Wildman–Crippen LogP) is 4.50. The van der Waals surface area contributed by atoms with E-state index in [4.69, 9.17) is 11.6 Å². The highest BCUT2D eigenvalue weighted by molar-refractivity contribution is 6.33. The SMILES string of the molecule is O=C(O)Cn1cc(-c2ccccc2Cl)c2c(-c3ccccc3)ncnc21. The summed E-state index contributed by atoms with van der Waals surface area (Å²) >= 11 is 6.41. The zero-order valence-electron chi connectivity index (χ0n) is 13.6. The first-order valence-corrected chi connectivity index (χ1v) is 8.39. The van der Waals surface area contributed by atoms with Gasteiger partial charge in [-0.15, -0.1) is 0 Å². The summed E-state index contributed by atoms with van der Waals surface area (Å²) in [5.74, 6) is -0.938. The normalized spacial score (nSPS) is 11.0. The number of halogens is 1. The molecule has 5 nitrogen and oxygen atoms in total. The number of aromatic nitrogens is 3. The van der Waals surface area contributed by atoms with Crippen LogP contribution in [0.1, 0.15) is 0 Å². The number of benzene rings is 2. The van der Waals surface area contributed by atoms with Crippen LogP contribution in [0.2, 0.25) is 5.02 Å². The predicted molar refractivity (Wildman–Crippen MR) is 101 cm³/mol. The number of carbonyl (C=O) groups is 1. The topological polar surface area (TPSA) is 68.0 Å². The minimum atomic E-state index is -0.938. The zero-order chi connectivity index (χ0) is 18.1. The molecule has 0 fully saturated rings. The molecule has 0 atom stereocenters. The van der Waals surface area contributed by atoms with E-state index in [0.717, 1.165) is 27.8 Å². The Bertz CT molecular complexity index is 1110. The summed E-state index contributed by atoms with van der Waals surface area (Å²) < 4.78 is 1.62. The van der Waals surface area contributed by atoms with Gasteiger partial charge in [-0.3, -0.25) is 4.79 Å². The van der Waals surface area contributed by atoms with Crippen LogP contribution in [0.25, 0.3) is 33.4 Å². The van der Waals surface area contributed by atoms with Crippen molar-refractivity contribution in [2.75, 3.05) is 0 Å². The molecule has 0 aliphatic rings. The number of fused-ring (bicyclic) bond motifs is 1. The van der Waals surface area contributed by atoms with Crippen molar-refractivity contribution in [3.05, 3.63) is 72.1 Å². The summed E-state index contributed by atoms with van der Waals surface area (Å²) in [6.45, 7) is -0.188. The molecule has 0 aliphatic heterocycles. The third-order valence-electron chi connectivity index (χ3n) is 4.17. The molecule has 1 N–H and O–H groups in total. The molecule has 0 saturated carbocycles. The van der Waals surface area contributed by atoms with Crippen LogP contribution < -0.4 is 0 Å². The van der Waals surface area contributed by atoms with Crippen molar-refractivity contribution < 1.29 is 9.90 Å². The highest BCUT2D eigenvalue weighted by Crippen LogP contribution is 2.38. The molecule has 0 bridgehead atoms. The first-order chi connectivity index (χ1) is 12.6. The highest BCUT2D eigenvalue weighted by Gasteiger charge is 2.19. The Morgan fingerprint density at radius 3 is 2.46 bits per heavy atom. The van der Waals surface area contributed by atoms with Gasteiger partial charge in [-0.2, -0.15) is 0 Å². The van der Waals surface area contributed by atoms with Gasteiger partial charge in [0.15, 0.2) is 0 Å². The molecule has 0 amide bonds. The maximum atomic E-state index is 11.3. The molecule has 2 aromatic heterocycles. The van der Waals surface area contributed by atoms with Gasteiger partial charge >= 0.3 is 5.97 Å². The van der Waals surface area contributed by atoms with Crippen molar-refractivity contribution >= 4 is 28.6 Å². The third kappa shape index (κ3) is 2.82. The van der Waals surface area contributed by atoms with Gasteiger partial charge in [-0.05, 0) is 6.07 Å². The second-order valence-electron chi connectivity index (χ2n) is 5.83. The summed E-state index contributed by atoms with van der Waals surface area (Å²) in [5.41, 5.74) is 3.87. The third-order valence-corrected chi connectivity index (χ3v) is 4.50. The second kappa shape index (κ2) is 6.61. The largest absolute Gasteiger partial charge is 0.480 e. The van der Waals surface area contributed by atoms with Crippen molar-refractivity contribution in [2.24, 2.45) is 0 Å².